The molecule has 164 valence electrons. The Hall–Kier alpha value is -3.07. The van der Waals surface area contributed by atoms with E-state index in [1.807, 2.05) is 13.0 Å². The standard InChI is InChI=1S/C22H26N4O4S/c1-3-30-22(27)25-14-12-17(13-15-25)23-21-24-19-6-4-5-7-20(19)26(21)31(28,29)18-10-8-16(2)9-11-18/h4-11,17H,3,12-15H2,1-2H3,(H,23,24). The zero-order valence-electron chi connectivity index (χ0n) is 17.6. The number of benzene rings is 2. The molecular formula is C22H26N4O4S. The van der Waals surface area contributed by atoms with Crippen LogP contribution in [-0.4, -0.2) is 54.1 Å². The molecule has 2 heterocycles. The first-order valence-electron chi connectivity index (χ1n) is 10.4. The first kappa shape index (κ1) is 21.2. The molecule has 0 aliphatic carbocycles. The van der Waals surface area contributed by atoms with E-state index in [4.69, 9.17) is 4.74 Å². The van der Waals surface area contributed by atoms with Gasteiger partial charge in [-0.3, -0.25) is 0 Å². The fourth-order valence-corrected chi connectivity index (χ4v) is 5.18. The Balaban J connectivity index is 1.64. The lowest BCUT2D eigenvalue weighted by molar-refractivity contribution is 0.0983. The van der Waals surface area contributed by atoms with Crippen LogP contribution in [0.3, 0.4) is 0 Å². The third-order valence-corrected chi connectivity index (χ3v) is 7.15. The van der Waals surface area contributed by atoms with Crippen molar-refractivity contribution in [2.75, 3.05) is 25.0 Å². The molecule has 9 heteroatoms. The molecule has 0 saturated carbocycles. The van der Waals surface area contributed by atoms with Gasteiger partial charge < -0.3 is 15.0 Å². The van der Waals surface area contributed by atoms with Gasteiger partial charge in [0.05, 0.1) is 22.5 Å². The first-order valence-corrected chi connectivity index (χ1v) is 11.8. The molecule has 0 unspecified atom stereocenters. The van der Waals surface area contributed by atoms with E-state index in [0.29, 0.717) is 43.6 Å². The van der Waals surface area contributed by atoms with Crippen LogP contribution in [-0.2, 0) is 14.8 Å². The summed E-state index contributed by atoms with van der Waals surface area (Å²) in [4.78, 5) is 18.4. The van der Waals surface area contributed by atoms with E-state index < -0.39 is 10.0 Å². The first-order chi connectivity index (χ1) is 14.9. The van der Waals surface area contributed by atoms with E-state index in [-0.39, 0.29) is 23.0 Å². The van der Waals surface area contributed by atoms with Crippen LogP contribution in [0.4, 0.5) is 10.7 Å². The molecule has 31 heavy (non-hydrogen) atoms. The third-order valence-electron chi connectivity index (χ3n) is 5.43. The average Bonchev–Trinajstić information content (AvgIpc) is 3.13. The normalized spacial score (nSPS) is 15.2. The van der Waals surface area contributed by atoms with E-state index in [1.165, 1.54) is 3.97 Å². The lowest BCUT2D eigenvalue weighted by atomic mass is 10.1. The maximum Gasteiger partial charge on any atom is 0.409 e. The lowest BCUT2D eigenvalue weighted by Crippen LogP contribution is -2.43. The predicted molar refractivity (Wildman–Crippen MR) is 119 cm³/mol. The molecule has 1 aliphatic rings. The minimum atomic E-state index is -3.84. The highest BCUT2D eigenvalue weighted by molar-refractivity contribution is 7.90. The summed E-state index contributed by atoms with van der Waals surface area (Å²) in [5, 5.41) is 3.31. The molecule has 1 amide bonds. The van der Waals surface area contributed by atoms with E-state index in [9.17, 15) is 13.2 Å². The Labute approximate surface area is 181 Å². The number of imidazole rings is 1. The van der Waals surface area contributed by atoms with Crippen molar-refractivity contribution >= 4 is 33.1 Å². The Morgan fingerprint density at radius 3 is 2.48 bits per heavy atom. The van der Waals surface area contributed by atoms with Crippen LogP contribution >= 0.6 is 0 Å². The van der Waals surface area contributed by atoms with Crippen LogP contribution in [0.5, 0.6) is 0 Å². The van der Waals surface area contributed by atoms with E-state index in [2.05, 4.69) is 10.3 Å². The summed E-state index contributed by atoms with van der Waals surface area (Å²) in [5.41, 5.74) is 2.11. The van der Waals surface area contributed by atoms with Crippen molar-refractivity contribution in [3.05, 3.63) is 54.1 Å². The van der Waals surface area contributed by atoms with Gasteiger partial charge in [-0.25, -0.2) is 22.2 Å². The molecular weight excluding hydrogens is 416 g/mol. The topological polar surface area (TPSA) is 93.5 Å². The van der Waals surface area contributed by atoms with Gasteiger partial charge in [0.15, 0.2) is 0 Å². The van der Waals surface area contributed by atoms with Gasteiger partial charge in [0.1, 0.15) is 0 Å². The van der Waals surface area contributed by atoms with Crippen LogP contribution in [0.15, 0.2) is 53.4 Å². The smallest absolute Gasteiger partial charge is 0.409 e. The molecule has 1 aliphatic heterocycles. The summed E-state index contributed by atoms with van der Waals surface area (Å²) in [6, 6.07) is 14.0. The van der Waals surface area contributed by atoms with Crippen molar-refractivity contribution in [3.8, 4) is 0 Å². The number of hydrogen-bond donors (Lipinski definition) is 1. The van der Waals surface area contributed by atoms with Gasteiger partial charge in [-0.1, -0.05) is 29.8 Å². The van der Waals surface area contributed by atoms with Gasteiger partial charge in [-0.2, -0.15) is 0 Å². The van der Waals surface area contributed by atoms with Gasteiger partial charge in [0, 0.05) is 19.1 Å². The van der Waals surface area contributed by atoms with Crippen molar-refractivity contribution in [1.29, 1.82) is 0 Å². The van der Waals surface area contributed by atoms with Crippen molar-refractivity contribution < 1.29 is 17.9 Å². The average molecular weight is 443 g/mol. The molecule has 8 nitrogen and oxygen atoms in total. The fraction of sp³-hybridized carbons (Fsp3) is 0.364. The molecule has 0 atom stereocenters. The summed E-state index contributed by atoms with van der Waals surface area (Å²) in [5.74, 6) is 0.288. The molecule has 0 spiro atoms. The molecule has 1 fully saturated rings. The maximum atomic E-state index is 13.5. The number of carbonyl (C=O) groups is 1. The third kappa shape index (κ3) is 4.23. The number of ether oxygens (including phenoxy) is 1. The van der Waals surface area contributed by atoms with Crippen molar-refractivity contribution in [2.24, 2.45) is 0 Å². The summed E-state index contributed by atoms with van der Waals surface area (Å²) in [6.07, 6.45) is 1.04. The van der Waals surface area contributed by atoms with Gasteiger partial charge in [-0.15, -0.1) is 0 Å². The predicted octanol–water partition coefficient (Wildman–Crippen LogP) is 3.61. The monoisotopic (exact) mass is 442 g/mol. The number of amides is 1. The zero-order valence-corrected chi connectivity index (χ0v) is 18.4. The molecule has 0 bridgehead atoms. The number of piperidine rings is 1. The van der Waals surface area contributed by atoms with Crippen molar-refractivity contribution in [2.45, 2.75) is 37.6 Å². The fourth-order valence-electron chi connectivity index (χ4n) is 3.76. The number of fused-ring (bicyclic) bond motifs is 1. The molecule has 3 aromatic rings. The van der Waals surface area contributed by atoms with E-state index in [1.54, 1.807) is 54.3 Å². The van der Waals surface area contributed by atoms with E-state index >= 15 is 0 Å². The Bertz CT molecular complexity index is 1180. The van der Waals surface area contributed by atoms with Gasteiger partial charge in [0.2, 0.25) is 5.95 Å². The largest absolute Gasteiger partial charge is 0.450 e. The van der Waals surface area contributed by atoms with Crippen molar-refractivity contribution in [1.82, 2.24) is 13.9 Å². The second kappa shape index (κ2) is 8.58. The number of nitrogens with zero attached hydrogens (tertiary/aromatic N) is 3. The number of aryl methyl sites for hydroxylation is 1. The number of aromatic nitrogens is 2. The maximum absolute atomic E-state index is 13.5. The number of hydrogen-bond acceptors (Lipinski definition) is 6. The van der Waals surface area contributed by atoms with Crippen LogP contribution in [0.25, 0.3) is 11.0 Å². The molecule has 1 N–H and O–H groups in total. The molecule has 4 rings (SSSR count). The minimum Gasteiger partial charge on any atom is -0.450 e. The molecule has 1 aromatic heterocycles. The second-order valence-corrected chi connectivity index (χ2v) is 9.40. The van der Waals surface area contributed by atoms with Crippen LogP contribution in [0, 0.1) is 6.92 Å². The van der Waals surface area contributed by atoms with Crippen LogP contribution in [0.1, 0.15) is 25.3 Å². The quantitative estimate of drug-likeness (QED) is 0.649. The minimum absolute atomic E-state index is 0.00513. The number of nitrogens with one attached hydrogen (secondary N) is 1. The second-order valence-electron chi connectivity index (χ2n) is 7.61. The number of carbonyl (C=O) groups excluding carboxylic acids is 1. The van der Waals surface area contributed by atoms with Crippen LogP contribution in [0.2, 0.25) is 0 Å². The summed E-state index contributed by atoms with van der Waals surface area (Å²) in [7, 11) is -3.84. The number of anilines is 1. The Kier molecular flexibility index (Phi) is 5.86. The number of para-hydroxylation sites is 2. The van der Waals surface area contributed by atoms with Crippen LogP contribution < -0.4 is 5.32 Å². The molecule has 1 saturated heterocycles. The lowest BCUT2D eigenvalue weighted by Gasteiger charge is -2.31. The highest BCUT2D eigenvalue weighted by atomic mass is 32.2. The summed E-state index contributed by atoms with van der Waals surface area (Å²) < 4.78 is 33.4. The molecule has 0 radical (unpaired) electrons. The molecule has 2 aromatic carbocycles. The Morgan fingerprint density at radius 2 is 1.81 bits per heavy atom. The Morgan fingerprint density at radius 1 is 1.13 bits per heavy atom. The number of likely N-dealkylation sites (tertiary alicyclic amines) is 1. The van der Waals surface area contributed by atoms with Crippen molar-refractivity contribution in [3.63, 3.8) is 0 Å². The number of rotatable bonds is 5. The SMILES string of the molecule is CCOC(=O)N1CCC(Nc2nc3ccccc3n2S(=O)(=O)c2ccc(C)cc2)CC1. The van der Waals surface area contributed by atoms with Gasteiger partial charge >= 0.3 is 6.09 Å². The van der Waals surface area contributed by atoms with Gasteiger partial charge in [-0.05, 0) is 51.0 Å². The zero-order chi connectivity index (χ0) is 22.0. The van der Waals surface area contributed by atoms with Gasteiger partial charge in [0.25, 0.3) is 10.0 Å². The summed E-state index contributed by atoms with van der Waals surface area (Å²) in [6.45, 7) is 5.13. The highest BCUT2D eigenvalue weighted by Gasteiger charge is 2.28. The van der Waals surface area contributed by atoms with E-state index in [0.717, 1.165) is 5.56 Å². The summed E-state index contributed by atoms with van der Waals surface area (Å²) >= 11 is 0. The highest BCUT2D eigenvalue weighted by Crippen LogP contribution is 2.28.